The van der Waals surface area contributed by atoms with Gasteiger partial charge in [-0.05, 0) is 55.8 Å². The maximum atomic E-state index is 12.3. The van der Waals surface area contributed by atoms with Gasteiger partial charge in [0.2, 0.25) is 0 Å². The van der Waals surface area contributed by atoms with Crippen LogP contribution in [0.1, 0.15) is 19.4 Å². The van der Waals surface area contributed by atoms with Gasteiger partial charge in [-0.15, -0.1) is 0 Å². The minimum Gasteiger partial charge on any atom is -0.494 e. The van der Waals surface area contributed by atoms with E-state index >= 15 is 0 Å². The van der Waals surface area contributed by atoms with E-state index in [-0.39, 0.29) is 4.90 Å². The summed E-state index contributed by atoms with van der Waals surface area (Å²) in [7, 11) is -3.77. The van der Waals surface area contributed by atoms with E-state index in [4.69, 9.17) is 27.9 Å². The van der Waals surface area contributed by atoms with Crippen molar-refractivity contribution in [3.05, 3.63) is 58.1 Å². The third kappa shape index (κ3) is 4.63. The molecule has 0 amide bonds. The van der Waals surface area contributed by atoms with Crippen LogP contribution >= 0.6 is 23.2 Å². The Kier molecular flexibility index (Phi) is 6.10. The highest BCUT2D eigenvalue weighted by atomic mass is 35.5. The Morgan fingerprint density at radius 1 is 1.12 bits per heavy atom. The molecule has 8 heteroatoms. The van der Waals surface area contributed by atoms with E-state index in [9.17, 15) is 8.42 Å². The molecular weight excluding hydrogens is 371 g/mol. The Balaban J connectivity index is 2.17. The van der Waals surface area contributed by atoms with E-state index in [0.29, 0.717) is 33.7 Å². The number of rotatable bonds is 6. The summed E-state index contributed by atoms with van der Waals surface area (Å²) in [6, 6.07) is 11.0. The van der Waals surface area contributed by atoms with E-state index < -0.39 is 10.0 Å². The zero-order chi connectivity index (χ0) is 17.7. The van der Waals surface area contributed by atoms with Crippen LogP contribution in [0.15, 0.2) is 52.5 Å². The van der Waals surface area contributed by atoms with Gasteiger partial charge in [0, 0.05) is 0 Å². The number of benzene rings is 2. The van der Waals surface area contributed by atoms with Gasteiger partial charge in [0.25, 0.3) is 10.0 Å². The molecule has 0 aliphatic carbocycles. The minimum absolute atomic E-state index is 0.0941. The SMILES string of the molecule is CCOc1ccc(S(=O)(=O)N/N=C(\C)c2ccc(Cl)c(Cl)c2)cc1. The van der Waals surface area contributed by atoms with Crippen molar-refractivity contribution in [3.63, 3.8) is 0 Å². The maximum Gasteiger partial charge on any atom is 0.276 e. The van der Waals surface area contributed by atoms with Crippen molar-refractivity contribution in [3.8, 4) is 5.75 Å². The van der Waals surface area contributed by atoms with Crippen LogP contribution in [0.2, 0.25) is 10.0 Å². The van der Waals surface area contributed by atoms with Crippen molar-refractivity contribution in [2.45, 2.75) is 18.7 Å². The number of hydrogen-bond acceptors (Lipinski definition) is 4. The summed E-state index contributed by atoms with van der Waals surface area (Å²) in [6.45, 7) is 4.03. The Labute approximate surface area is 151 Å². The number of hydrazone groups is 1. The zero-order valence-electron chi connectivity index (χ0n) is 13.1. The molecule has 2 aromatic carbocycles. The van der Waals surface area contributed by atoms with Crippen molar-refractivity contribution in [2.24, 2.45) is 5.10 Å². The van der Waals surface area contributed by atoms with Gasteiger partial charge < -0.3 is 4.74 Å². The maximum absolute atomic E-state index is 12.3. The summed E-state index contributed by atoms with van der Waals surface area (Å²) < 4.78 is 29.8. The molecule has 0 aliphatic heterocycles. The van der Waals surface area contributed by atoms with Gasteiger partial charge in [0.15, 0.2) is 0 Å². The highest BCUT2D eigenvalue weighted by Crippen LogP contribution is 2.23. The Hall–Kier alpha value is -1.76. The first kappa shape index (κ1) is 18.6. The van der Waals surface area contributed by atoms with Crippen molar-refractivity contribution in [1.82, 2.24) is 4.83 Å². The number of nitrogens with one attached hydrogen (secondary N) is 1. The van der Waals surface area contributed by atoms with Crippen LogP contribution in [0.25, 0.3) is 0 Å². The summed E-state index contributed by atoms with van der Waals surface area (Å²) in [5.41, 5.74) is 1.13. The molecule has 0 aliphatic rings. The molecule has 0 spiro atoms. The molecule has 0 saturated heterocycles. The topological polar surface area (TPSA) is 67.8 Å². The Bertz CT molecular complexity index is 850. The van der Waals surface area contributed by atoms with Crippen LogP contribution in [0, 0.1) is 0 Å². The molecule has 0 heterocycles. The monoisotopic (exact) mass is 386 g/mol. The predicted octanol–water partition coefficient (Wildman–Crippen LogP) is 4.09. The van der Waals surface area contributed by atoms with E-state index in [0.717, 1.165) is 0 Å². The van der Waals surface area contributed by atoms with Crippen molar-refractivity contribution >= 4 is 38.9 Å². The molecule has 2 aromatic rings. The van der Waals surface area contributed by atoms with E-state index in [1.165, 1.54) is 12.1 Å². The highest BCUT2D eigenvalue weighted by Gasteiger charge is 2.13. The van der Waals surface area contributed by atoms with E-state index in [1.807, 2.05) is 6.92 Å². The van der Waals surface area contributed by atoms with E-state index in [2.05, 4.69) is 9.93 Å². The second-order valence-corrected chi connectivity index (χ2v) is 7.30. The van der Waals surface area contributed by atoms with Gasteiger partial charge in [0.1, 0.15) is 5.75 Å². The fraction of sp³-hybridized carbons (Fsp3) is 0.188. The molecule has 0 bridgehead atoms. The second-order valence-electron chi connectivity index (χ2n) is 4.83. The molecule has 0 atom stereocenters. The molecule has 0 aromatic heterocycles. The average molecular weight is 387 g/mol. The van der Waals surface area contributed by atoms with Crippen LogP contribution in [0.3, 0.4) is 0 Å². The summed E-state index contributed by atoms with van der Waals surface area (Å²) in [5.74, 6) is 0.604. The van der Waals surface area contributed by atoms with Crippen molar-refractivity contribution in [2.75, 3.05) is 6.61 Å². The summed E-state index contributed by atoms with van der Waals surface area (Å²) in [4.78, 5) is 2.30. The van der Waals surface area contributed by atoms with Crippen LogP contribution in [0.5, 0.6) is 5.75 Å². The molecular formula is C16H16Cl2N2O3S. The van der Waals surface area contributed by atoms with Crippen molar-refractivity contribution in [1.29, 1.82) is 0 Å². The molecule has 5 nitrogen and oxygen atoms in total. The average Bonchev–Trinajstić information content (AvgIpc) is 2.56. The lowest BCUT2D eigenvalue weighted by Crippen LogP contribution is -2.20. The van der Waals surface area contributed by atoms with Gasteiger partial charge >= 0.3 is 0 Å². The second kappa shape index (κ2) is 7.88. The first-order valence-corrected chi connectivity index (χ1v) is 9.32. The predicted molar refractivity (Wildman–Crippen MR) is 96.6 cm³/mol. The first-order chi connectivity index (χ1) is 11.3. The fourth-order valence-electron chi connectivity index (χ4n) is 1.85. The molecule has 0 radical (unpaired) electrons. The smallest absolute Gasteiger partial charge is 0.276 e. The number of ether oxygens (including phenoxy) is 1. The molecule has 2 rings (SSSR count). The van der Waals surface area contributed by atoms with Gasteiger partial charge in [0.05, 0.1) is 27.3 Å². The zero-order valence-corrected chi connectivity index (χ0v) is 15.4. The van der Waals surface area contributed by atoms with Gasteiger partial charge in [-0.25, -0.2) is 0 Å². The Morgan fingerprint density at radius 3 is 2.38 bits per heavy atom. The molecule has 0 unspecified atom stereocenters. The third-order valence-corrected chi connectivity index (χ3v) is 5.08. The summed E-state index contributed by atoms with van der Waals surface area (Å²) >= 11 is 11.8. The van der Waals surface area contributed by atoms with Gasteiger partial charge in [-0.1, -0.05) is 29.3 Å². The highest BCUT2D eigenvalue weighted by molar-refractivity contribution is 7.89. The van der Waals surface area contributed by atoms with Crippen LogP contribution in [-0.2, 0) is 10.0 Å². The first-order valence-electron chi connectivity index (χ1n) is 7.08. The lowest BCUT2D eigenvalue weighted by Gasteiger charge is -2.07. The van der Waals surface area contributed by atoms with Gasteiger partial charge in [-0.3, -0.25) is 0 Å². The molecule has 0 saturated carbocycles. The van der Waals surface area contributed by atoms with Crippen molar-refractivity contribution < 1.29 is 13.2 Å². The number of nitrogens with zero attached hydrogens (tertiary/aromatic N) is 1. The van der Waals surface area contributed by atoms with Crippen LogP contribution in [-0.4, -0.2) is 20.7 Å². The lowest BCUT2D eigenvalue weighted by atomic mass is 10.1. The molecule has 128 valence electrons. The van der Waals surface area contributed by atoms with Crippen LogP contribution in [0.4, 0.5) is 0 Å². The Morgan fingerprint density at radius 2 is 1.79 bits per heavy atom. The normalized spacial score (nSPS) is 12.1. The third-order valence-electron chi connectivity index (χ3n) is 3.12. The molecule has 1 N–H and O–H groups in total. The number of sulfonamides is 1. The van der Waals surface area contributed by atoms with Gasteiger partial charge in [-0.2, -0.15) is 18.4 Å². The largest absolute Gasteiger partial charge is 0.494 e. The lowest BCUT2D eigenvalue weighted by molar-refractivity contribution is 0.340. The molecule has 0 fully saturated rings. The summed E-state index contributed by atoms with van der Waals surface area (Å²) in [5, 5.41) is 4.71. The van der Waals surface area contributed by atoms with E-state index in [1.54, 1.807) is 37.3 Å². The fourth-order valence-corrected chi connectivity index (χ4v) is 3.00. The quantitative estimate of drug-likeness (QED) is 0.600. The van der Waals surface area contributed by atoms with Crippen LogP contribution < -0.4 is 9.57 Å². The minimum atomic E-state index is -3.77. The molecule has 24 heavy (non-hydrogen) atoms. The number of halogens is 2. The summed E-state index contributed by atoms with van der Waals surface area (Å²) in [6.07, 6.45) is 0. The standard InChI is InChI=1S/C16H16Cl2N2O3S/c1-3-23-13-5-7-14(8-6-13)24(21,22)20-19-11(2)12-4-9-15(17)16(18)10-12/h4-10,20H,3H2,1-2H3/b19-11+. The number of hydrogen-bond donors (Lipinski definition) is 1.